The number of amides is 3. The molecule has 7 heteroatoms. The third-order valence-corrected chi connectivity index (χ3v) is 7.47. The molecule has 3 heterocycles. The van der Waals surface area contributed by atoms with E-state index in [0.29, 0.717) is 19.4 Å². The number of piperidine rings is 1. The van der Waals surface area contributed by atoms with E-state index in [2.05, 4.69) is 28.3 Å². The van der Waals surface area contributed by atoms with Crippen LogP contribution in [0.2, 0.25) is 0 Å². The van der Waals surface area contributed by atoms with Crippen molar-refractivity contribution in [3.8, 4) is 0 Å². The number of aryl methyl sites for hydroxylation is 2. The number of fused-ring (bicyclic) bond motifs is 1. The van der Waals surface area contributed by atoms with Crippen molar-refractivity contribution >= 4 is 11.9 Å². The van der Waals surface area contributed by atoms with Crippen molar-refractivity contribution in [2.75, 3.05) is 19.6 Å². The number of likely N-dealkylation sites (tertiary alicyclic amines) is 1. The van der Waals surface area contributed by atoms with Gasteiger partial charge in [-0.15, -0.1) is 0 Å². The van der Waals surface area contributed by atoms with Gasteiger partial charge in [0.25, 0.3) is 5.91 Å². The summed E-state index contributed by atoms with van der Waals surface area (Å²) in [5, 5.41) is 4.44. The lowest BCUT2D eigenvalue weighted by atomic mass is 9.85. The summed E-state index contributed by atoms with van der Waals surface area (Å²) < 4.78 is 1.85. The van der Waals surface area contributed by atoms with Gasteiger partial charge in [0.05, 0.1) is 5.69 Å². The predicted molar refractivity (Wildman–Crippen MR) is 117 cm³/mol. The standard InChI is InChI=1S/C24H31N5O2/c1-4-28-23(31)29(21-13-18-7-5-6-8-19(18)14-21)22(30)24(28)9-11-27(12-10-24)16-20-15-26(3)25-17(20)2/h5-8,15,21H,4,9-14,16H2,1-3H3. The number of carbonyl (C=O) groups excluding carboxylic acids is 2. The van der Waals surface area contributed by atoms with Crippen LogP contribution in [0.15, 0.2) is 30.5 Å². The summed E-state index contributed by atoms with van der Waals surface area (Å²) in [4.78, 5) is 33.0. The van der Waals surface area contributed by atoms with Gasteiger partial charge in [-0.3, -0.25) is 19.3 Å². The van der Waals surface area contributed by atoms with Crippen molar-refractivity contribution in [1.29, 1.82) is 0 Å². The first-order valence-corrected chi connectivity index (χ1v) is 11.4. The number of imide groups is 1. The number of hydrogen-bond donors (Lipinski definition) is 0. The van der Waals surface area contributed by atoms with Crippen LogP contribution in [0.1, 0.15) is 42.1 Å². The van der Waals surface area contributed by atoms with Gasteiger partial charge < -0.3 is 4.90 Å². The molecule has 2 aromatic rings. The third-order valence-electron chi connectivity index (χ3n) is 7.47. The van der Waals surface area contributed by atoms with Gasteiger partial charge in [0.2, 0.25) is 0 Å². The number of likely N-dealkylation sites (N-methyl/N-ethyl adjacent to an activating group) is 1. The maximum absolute atomic E-state index is 13.8. The van der Waals surface area contributed by atoms with Crippen LogP contribution in [0, 0.1) is 6.92 Å². The highest BCUT2D eigenvalue weighted by Gasteiger charge is 2.59. The van der Waals surface area contributed by atoms with E-state index < -0.39 is 5.54 Å². The lowest BCUT2D eigenvalue weighted by molar-refractivity contribution is -0.137. The van der Waals surface area contributed by atoms with Gasteiger partial charge in [0.15, 0.2) is 0 Å². The van der Waals surface area contributed by atoms with Gasteiger partial charge in [-0.2, -0.15) is 5.10 Å². The normalized spacial score (nSPS) is 21.5. The zero-order valence-corrected chi connectivity index (χ0v) is 18.7. The van der Waals surface area contributed by atoms with Crippen molar-refractivity contribution in [3.05, 3.63) is 52.8 Å². The van der Waals surface area contributed by atoms with Crippen molar-refractivity contribution in [2.45, 2.75) is 57.7 Å². The monoisotopic (exact) mass is 421 g/mol. The summed E-state index contributed by atoms with van der Waals surface area (Å²) in [6.45, 7) is 7.06. The average molecular weight is 422 g/mol. The van der Waals surface area contributed by atoms with Crippen LogP contribution >= 0.6 is 0 Å². The van der Waals surface area contributed by atoms with E-state index in [1.807, 2.05) is 42.6 Å². The molecule has 0 bridgehead atoms. The molecule has 164 valence electrons. The van der Waals surface area contributed by atoms with Crippen molar-refractivity contribution < 1.29 is 9.59 Å². The fourth-order valence-electron chi connectivity index (χ4n) is 5.83. The summed E-state index contributed by atoms with van der Waals surface area (Å²) in [7, 11) is 1.94. The maximum Gasteiger partial charge on any atom is 0.327 e. The first kappa shape index (κ1) is 20.2. The Labute approximate surface area is 183 Å². The second kappa shape index (κ2) is 7.48. The van der Waals surface area contributed by atoms with Crippen molar-refractivity contribution in [2.24, 2.45) is 7.05 Å². The topological polar surface area (TPSA) is 61.7 Å². The van der Waals surface area contributed by atoms with E-state index in [1.54, 1.807) is 4.90 Å². The predicted octanol–water partition coefficient (Wildman–Crippen LogP) is 2.51. The van der Waals surface area contributed by atoms with Crippen LogP contribution in [-0.2, 0) is 31.2 Å². The molecule has 1 spiro atoms. The molecule has 2 fully saturated rings. The van der Waals surface area contributed by atoms with Crippen LogP contribution in [0.3, 0.4) is 0 Å². The Kier molecular flexibility index (Phi) is 4.88. The lowest BCUT2D eigenvalue weighted by Gasteiger charge is -2.42. The molecule has 0 N–H and O–H groups in total. The molecule has 0 radical (unpaired) electrons. The van der Waals surface area contributed by atoms with E-state index >= 15 is 0 Å². The number of aromatic nitrogens is 2. The highest BCUT2D eigenvalue weighted by molar-refractivity contribution is 6.07. The zero-order chi connectivity index (χ0) is 21.8. The molecule has 31 heavy (non-hydrogen) atoms. The Morgan fingerprint density at radius 2 is 1.74 bits per heavy atom. The first-order chi connectivity index (χ1) is 14.9. The molecule has 1 aromatic carbocycles. The molecular formula is C24H31N5O2. The summed E-state index contributed by atoms with van der Waals surface area (Å²) >= 11 is 0. The van der Waals surface area contributed by atoms with Crippen LogP contribution in [0.5, 0.6) is 0 Å². The van der Waals surface area contributed by atoms with Gasteiger partial charge in [-0.25, -0.2) is 4.79 Å². The minimum absolute atomic E-state index is 0.0226. The summed E-state index contributed by atoms with van der Waals surface area (Å²) in [6, 6.07) is 8.16. The fourth-order valence-corrected chi connectivity index (χ4v) is 5.83. The molecule has 0 saturated carbocycles. The molecule has 2 saturated heterocycles. The largest absolute Gasteiger partial charge is 0.327 e. The molecule has 2 aliphatic heterocycles. The van der Waals surface area contributed by atoms with Gasteiger partial charge in [0, 0.05) is 51.0 Å². The molecular weight excluding hydrogens is 390 g/mol. The Hall–Kier alpha value is -2.67. The van der Waals surface area contributed by atoms with E-state index in [-0.39, 0.29) is 18.0 Å². The number of benzene rings is 1. The van der Waals surface area contributed by atoms with Crippen LogP contribution in [0.25, 0.3) is 0 Å². The zero-order valence-electron chi connectivity index (χ0n) is 18.7. The lowest BCUT2D eigenvalue weighted by Crippen LogP contribution is -2.56. The molecule has 1 aliphatic carbocycles. The minimum Gasteiger partial charge on any atom is -0.310 e. The smallest absolute Gasteiger partial charge is 0.310 e. The SMILES string of the molecule is CCN1C(=O)N(C2Cc3ccccc3C2)C(=O)C12CCN(Cc1cn(C)nc1C)CC2. The molecule has 0 atom stereocenters. The number of nitrogens with zero attached hydrogens (tertiary/aromatic N) is 5. The summed E-state index contributed by atoms with van der Waals surface area (Å²) in [6.07, 6.45) is 5.00. The Morgan fingerprint density at radius 3 is 2.29 bits per heavy atom. The number of carbonyl (C=O) groups is 2. The molecule has 7 nitrogen and oxygen atoms in total. The van der Waals surface area contributed by atoms with Gasteiger partial charge in [0.1, 0.15) is 5.54 Å². The minimum atomic E-state index is -0.679. The van der Waals surface area contributed by atoms with Crippen molar-refractivity contribution in [1.82, 2.24) is 24.5 Å². The van der Waals surface area contributed by atoms with E-state index in [0.717, 1.165) is 38.2 Å². The molecule has 3 aliphatic rings. The number of hydrogen-bond acceptors (Lipinski definition) is 4. The van der Waals surface area contributed by atoms with Gasteiger partial charge >= 0.3 is 6.03 Å². The molecule has 3 amide bonds. The highest BCUT2D eigenvalue weighted by atomic mass is 16.2. The van der Waals surface area contributed by atoms with Gasteiger partial charge in [-0.05, 0) is 50.7 Å². The average Bonchev–Trinajstić information content (AvgIpc) is 3.37. The molecule has 1 aromatic heterocycles. The number of urea groups is 1. The fraction of sp³-hybridized carbons (Fsp3) is 0.542. The van der Waals surface area contributed by atoms with Crippen LogP contribution in [0.4, 0.5) is 4.79 Å². The number of rotatable bonds is 4. The second-order valence-corrected chi connectivity index (χ2v) is 9.25. The highest BCUT2D eigenvalue weighted by Crippen LogP contribution is 2.40. The maximum atomic E-state index is 13.8. The van der Waals surface area contributed by atoms with Crippen LogP contribution < -0.4 is 0 Å². The Balaban J connectivity index is 1.33. The quantitative estimate of drug-likeness (QED) is 0.712. The van der Waals surface area contributed by atoms with Gasteiger partial charge in [-0.1, -0.05) is 24.3 Å². The Bertz CT molecular complexity index is 996. The first-order valence-electron chi connectivity index (χ1n) is 11.4. The summed E-state index contributed by atoms with van der Waals surface area (Å²) in [5.74, 6) is 0.0226. The summed E-state index contributed by atoms with van der Waals surface area (Å²) in [5.41, 5.74) is 4.13. The van der Waals surface area contributed by atoms with E-state index in [9.17, 15) is 9.59 Å². The third kappa shape index (κ3) is 3.17. The molecule has 0 unspecified atom stereocenters. The van der Waals surface area contributed by atoms with E-state index in [4.69, 9.17) is 0 Å². The van der Waals surface area contributed by atoms with E-state index in [1.165, 1.54) is 16.7 Å². The Morgan fingerprint density at radius 1 is 1.10 bits per heavy atom. The van der Waals surface area contributed by atoms with Crippen LogP contribution in [-0.4, -0.2) is 67.6 Å². The van der Waals surface area contributed by atoms with Crippen molar-refractivity contribution in [3.63, 3.8) is 0 Å². The second-order valence-electron chi connectivity index (χ2n) is 9.25. The molecule has 5 rings (SSSR count).